The van der Waals surface area contributed by atoms with Gasteiger partial charge in [0.2, 0.25) is 0 Å². The first kappa shape index (κ1) is 18.4. The molecule has 0 saturated carbocycles. The number of para-hydroxylation sites is 1. The number of nitrogens with two attached hydrogens (primary N) is 1. The number of fused-ring (bicyclic) bond motifs is 1. The standard InChI is InChI=1S/C22H17FN4O2/c23-16-7-4-6-15(12-16)22(29)25-17-8-3-5-14(11-17)13-27-19-10-2-1-9-18(19)20(26-27)21(24)28/h1-12H,13H2,(H2,24,28)(H,25,29). The van der Waals surface area contributed by atoms with Crippen LogP contribution in [0.2, 0.25) is 0 Å². The zero-order valence-corrected chi connectivity index (χ0v) is 15.3. The minimum absolute atomic E-state index is 0.219. The third kappa shape index (κ3) is 3.84. The Labute approximate surface area is 165 Å². The molecule has 0 radical (unpaired) electrons. The van der Waals surface area contributed by atoms with Gasteiger partial charge >= 0.3 is 0 Å². The second-order valence-electron chi connectivity index (χ2n) is 6.55. The zero-order valence-electron chi connectivity index (χ0n) is 15.3. The van der Waals surface area contributed by atoms with Crippen molar-refractivity contribution >= 4 is 28.4 Å². The molecule has 0 aliphatic rings. The molecule has 0 spiro atoms. The number of aromatic nitrogens is 2. The second kappa shape index (κ2) is 7.55. The predicted molar refractivity (Wildman–Crippen MR) is 108 cm³/mol. The van der Waals surface area contributed by atoms with Crippen LogP contribution in [0.1, 0.15) is 26.4 Å². The summed E-state index contributed by atoms with van der Waals surface area (Å²) in [4.78, 5) is 24.0. The first-order valence-corrected chi connectivity index (χ1v) is 8.92. The minimum atomic E-state index is -0.587. The summed E-state index contributed by atoms with van der Waals surface area (Å²) in [5, 5.41) is 7.80. The van der Waals surface area contributed by atoms with E-state index < -0.39 is 17.6 Å². The molecule has 0 saturated heterocycles. The van der Waals surface area contributed by atoms with E-state index in [4.69, 9.17) is 5.73 Å². The molecule has 4 rings (SSSR count). The Morgan fingerprint density at radius 2 is 1.79 bits per heavy atom. The van der Waals surface area contributed by atoms with E-state index in [0.29, 0.717) is 17.6 Å². The summed E-state index contributed by atoms with van der Waals surface area (Å²) in [5.74, 6) is -1.46. The van der Waals surface area contributed by atoms with Crippen LogP contribution in [-0.4, -0.2) is 21.6 Å². The number of rotatable bonds is 5. The number of benzene rings is 3. The second-order valence-corrected chi connectivity index (χ2v) is 6.55. The number of anilines is 1. The van der Waals surface area contributed by atoms with E-state index in [1.54, 1.807) is 35.0 Å². The Morgan fingerprint density at radius 3 is 2.59 bits per heavy atom. The van der Waals surface area contributed by atoms with Crippen molar-refractivity contribution in [3.63, 3.8) is 0 Å². The molecule has 144 valence electrons. The molecule has 29 heavy (non-hydrogen) atoms. The predicted octanol–water partition coefficient (Wildman–Crippen LogP) is 3.57. The number of amides is 2. The number of primary amides is 1. The zero-order chi connectivity index (χ0) is 20.4. The van der Waals surface area contributed by atoms with Crippen molar-refractivity contribution in [2.24, 2.45) is 5.73 Å². The van der Waals surface area contributed by atoms with Crippen molar-refractivity contribution in [2.45, 2.75) is 6.54 Å². The Morgan fingerprint density at radius 1 is 1.00 bits per heavy atom. The van der Waals surface area contributed by atoms with E-state index >= 15 is 0 Å². The van der Waals surface area contributed by atoms with E-state index in [1.165, 1.54) is 18.2 Å². The highest BCUT2D eigenvalue weighted by Gasteiger charge is 2.14. The molecule has 1 aromatic heterocycles. The molecule has 0 aliphatic carbocycles. The normalized spacial score (nSPS) is 10.8. The third-order valence-electron chi connectivity index (χ3n) is 4.50. The van der Waals surface area contributed by atoms with Crippen molar-refractivity contribution in [1.82, 2.24) is 9.78 Å². The van der Waals surface area contributed by atoms with Gasteiger partial charge in [0, 0.05) is 16.6 Å². The summed E-state index contributed by atoms with van der Waals surface area (Å²) in [7, 11) is 0. The number of carbonyl (C=O) groups excluding carboxylic acids is 2. The van der Waals surface area contributed by atoms with Crippen LogP contribution in [0.25, 0.3) is 10.9 Å². The van der Waals surface area contributed by atoms with Gasteiger partial charge in [0.25, 0.3) is 11.8 Å². The first-order valence-electron chi connectivity index (χ1n) is 8.92. The van der Waals surface area contributed by atoms with Gasteiger partial charge in [0.1, 0.15) is 5.82 Å². The molecule has 0 fully saturated rings. The number of nitrogens with zero attached hydrogens (tertiary/aromatic N) is 2. The fourth-order valence-corrected chi connectivity index (χ4v) is 3.18. The molecule has 6 nitrogen and oxygen atoms in total. The molecular formula is C22H17FN4O2. The molecule has 0 aliphatic heterocycles. The minimum Gasteiger partial charge on any atom is -0.364 e. The molecule has 3 N–H and O–H groups in total. The highest BCUT2D eigenvalue weighted by atomic mass is 19.1. The van der Waals surface area contributed by atoms with E-state index in [0.717, 1.165) is 11.1 Å². The number of carbonyl (C=O) groups is 2. The quantitative estimate of drug-likeness (QED) is 0.548. The molecule has 0 unspecified atom stereocenters. The Kier molecular flexibility index (Phi) is 4.78. The van der Waals surface area contributed by atoms with E-state index in [9.17, 15) is 14.0 Å². The average Bonchev–Trinajstić information content (AvgIpc) is 3.07. The van der Waals surface area contributed by atoms with Crippen LogP contribution in [0.15, 0.2) is 72.8 Å². The van der Waals surface area contributed by atoms with Crippen LogP contribution < -0.4 is 11.1 Å². The summed E-state index contributed by atoms with van der Waals surface area (Å²) < 4.78 is 15.0. The smallest absolute Gasteiger partial charge is 0.269 e. The van der Waals surface area contributed by atoms with Gasteiger partial charge in [-0.25, -0.2) is 4.39 Å². The summed E-state index contributed by atoms with van der Waals surface area (Å²) in [6.45, 7) is 0.386. The highest BCUT2D eigenvalue weighted by molar-refractivity contribution is 6.04. The van der Waals surface area contributed by atoms with Crippen LogP contribution in [0.5, 0.6) is 0 Å². The van der Waals surface area contributed by atoms with Crippen molar-refractivity contribution in [3.8, 4) is 0 Å². The van der Waals surface area contributed by atoms with E-state index in [-0.39, 0.29) is 11.3 Å². The third-order valence-corrected chi connectivity index (χ3v) is 4.50. The van der Waals surface area contributed by atoms with Gasteiger partial charge in [-0.15, -0.1) is 0 Å². The van der Waals surface area contributed by atoms with Crippen molar-refractivity contribution < 1.29 is 14.0 Å². The molecule has 7 heteroatoms. The fraction of sp³-hybridized carbons (Fsp3) is 0.0455. The van der Waals surface area contributed by atoms with Gasteiger partial charge in [-0.2, -0.15) is 5.10 Å². The topological polar surface area (TPSA) is 90.0 Å². The maximum Gasteiger partial charge on any atom is 0.269 e. The molecule has 4 aromatic rings. The maximum atomic E-state index is 13.3. The Balaban J connectivity index is 1.59. The van der Waals surface area contributed by atoms with E-state index in [2.05, 4.69) is 10.4 Å². The van der Waals surface area contributed by atoms with Crippen LogP contribution in [0, 0.1) is 5.82 Å². The van der Waals surface area contributed by atoms with Gasteiger partial charge < -0.3 is 11.1 Å². The SMILES string of the molecule is NC(=O)c1nn(Cc2cccc(NC(=O)c3cccc(F)c3)c2)c2ccccc12. The van der Waals surface area contributed by atoms with Crippen LogP contribution in [0.3, 0.4) is 0 Å². The van der Waals surface area contributed by atoms with Crippen molar-refractivity contribution in [2.75, 3.05) is 5.32 Å². The lowest BCUT2D eigenvalue weighted by molar-refractivity contribution is 0.0994. The lowest BCUT2D eigenvalue weighted by Gasteiger charge is -2.09. The monoisotopic (exact) mass is 388 g/mol. The molecular weight excluding hydrogens is 371 g/mol. The average molecular weight is 388 g/mol. The summed E-state index contributed by atoms with van der Waals surface area (Å²) in [6, 6.07) is 20.1. The molecule has 1 heterocycles. The summed E-state index contributed by atoms with van der Waals surface area (Å²) in [6.07, 6.45) is 0. The molecule has 3 aromatic carbocycles. The first-order chi connectivity index (χ1) is 14.0. The highest BCUT2D eigenvalue weighted by Crippen LogP contribution is 2.20. The van der Waals surface area contributed by atoms with Gasteiger partial charge in [0.15, 0.2) is 5.69 Å². The summed E-state index contributed by atoms with van der Waals surface area (Å²) in [5.41, 5.74) is 8.12. The van der Waals surface area contributed by atoms with Crippen molar-refractivity contribution in [3.05, 3.63) is 95.4 Å². The van der Waals surface area contributed by atoms with Gasteiger partial charge in [0.05, 0.1) is 12.1 Å². The molecule has 0 atom stereocenters. The number of hydrogen-bond acceptors (Lipinski definition) is 3. The molecule has 2 amide bonds. The Bertz CT molecular complexity index is 1230. The number of halogens is 1. The number of nitrogens with one attached hydrogen (secondary N) is 1. The molecule has 0 bridgehead atoms. The summed E-state index contributed by atoms with van der Waals surface area (Å²) >= 11 is 0. The lowest BCUT2D eigenvalue weighted by Crippen LogP contribution is -2.13. The van der Waals surface area contributed by atoms with Gasteiger partial charge in [-0.3, -0.25) is 14.3 Å². The lowest BCUT2D eigenvalue weighted by atomic mass is 10.1. The van der Waals surface area contributed by atoms with Crippen LogP contribution in [0.4, 0.5) is 10.1 Å². The van der Waals surface area contributed by atoms with E-state index in [1.807, 2.05) is 24.3 Å². The largest absolute Gasteiger partial charge is 0.364 e. The maximum absolute atomic E-state index is 13.3. The fourth-order valence-electron chi connectivity index (χ4n) is 3.18. The van der Waals surface area contributed by atoms with Crippen LogP contribution >= 0.6 is 0 Å². The Hall–Kier alpha value is -4.00. The van der Waals surface area contributed by atoms with Crippen LogP contribution in [-0.2, 0) is 6.54 Å². The van der Waals surface area contributed by atoms with Gasteiger partial charge in [-0.1, -0.05) is 36.4 Å². The number of hydrogen-bond donors (Lipinski definition) is 2. The van der Waals surface area contributed by atoms with Crippen molar-refractivity contribution in [1.29, 1.82) is 0 Å². The van der Waals surface area contributed by atoms with Gasteiger partial charge in [-0.05, 0) is 42.0 Å².